The van der Waals surface area contributed by atoms with Crippen LogP contribution >= 0.6 is 0 Å². The smallest absolute Gasteiger partial charge is 0.293 e. The molecule has 3 rings (SSSR count). The maximum Gasteiger partial charge on any atom is 0.293 e. The molecule has 0 saturated heterocycles. The molecule has 142 valence electrons. The van der Waals surface area contributed by atoms with E-state index in [1.165, 1.54) is 6.07 Å². The third kappa shape index (κ3) is 3.94. The molecule has 2 aromatic rings. The van der Waals surface area contributed by atoms with Crippen LogP contribution in [0, 0.1) is 10.1 Å². The minimum absolute atomic E-state index is 0.0893. The zero-order valence-electron chi connectivity index (χ0n) is 15.2. The summed E-state index contributed by atoms with van der Waals surface area (Å²) in [5, 5.41) is 14.2. The lowest BCUT2D eigenvalue weighted by molar-refractivity contribution is -0.384. The molecule has 0 radical (unpaired) electrons. The van der Waals surface area contributed by atoms with E-state index < -0.39 is 10.8 Å². The Balaban J connectivity index is 1.84. The van der Waals surface area contributed by atoms with Crippen LogP contribution < -0.4 is 19.7 Å². The number of carbonyl (C=O) groups is 1. The maximum atomic E-state index is 12.6. The molecule has 2 aromatic carbocycles. The Hall–Kier alpha value is -3.29. The van der Waals surface area contributed by atoms with Crippen LogP contribution in [0.2, 0.25) is 0 Å². The first kappa shape index (κ1) is 18.5. The topological polar surface area (TPSA) is 93.9 Å². The number of hydrogen-bond donors (Lipinski definition) is 1. The van der Waals surface area contributed by atoms with Gasteiger partial charge in [0, 0.05) is 36.5 Å². The van der Waals surface area contributed by atoms with E-state index in [-0.39, 0.29) is 11.3 Å². The second-order valence-corrected chi connectivity index (χ2v) is 5.95. The molecule has 0 saturated carbocycles. The van der Waals surface area contributed by atoms with Crippen molar-refractivity contribution in [3.63, 3.8) is 0 Å². The average molecular weight is 371 g/mol. The molecule has 1 aliphatic rings. The Labute approximate surface area is 156 Å². The first-order valence-corrected chi connectivity index (χ1v) is 8.77. The lowest BCUT2D eigenvalue weighted by atomic mass is 10.1. The Kier molecular flexibility index (Phi) is 5.44. The SMILES string of the molecule is CCN(CC)c1ccc(C(=O)Nc2ccc3c(c2)OCCO3)cc1[N+](=O)[O-]. The summed E-state index contributed by atoms with van der Waals surface area (Å²) in [6.07, 6.45) is 0. The first-order chi connectivity index (χ1) is 13.0. The molecule has 1 amide bonds. The number of nitrogens with zero attached hydrogens (tertiary/aromatic N) is 2. The molecular weight excluding hydrogens is 350 g/mol. The van der Waals surface area contributed by atoms with Crippen molar-refractivity contribution < 1.29 is 19.2 Å². The largest absolute Gasteiger partial charge is 0.486 e. The number of fused-ring (bicyclic) bond motifs is 1. The van der Waals surface area contributed by atoms with Crippen molar-refractivity contribution >= 4 is 23.0 Å². The Bertz CT molecular complexity index is 864. The molecule has 1 aliphatic heterocycles. The Morgan fingerprint density at radius 1 is 1.11 bits per heavy atom. The number of nitrogens with one attached hydrogen (secondary N) is 1. The van der Waals surface area contributed by atoms with E-state index in [9.17, 15) is 14.9 Å². The Morgan fingerprint density at radius 3 is 2.48 bits per heavy atom. The van der Waals surface area contributed by atoms with Gasteiger partial charge in [0.1, 0.15) is 18.9 Å². The van der Waals surface area contributed by atoms with E-state index in [1.807, 2.05) is 18.7 Å². The van der Waals surface area contributed by atoms with Crippen LogP contribution in [0.15, 0.2) is 36.4 Å². The Morgan fingerprint density at radius 2 is 1.81 bits per heavy atom. The molecule has 0 unspecified atom stereocenters. The third-order valence-electron chi connectivity index (χ3n) is 4.34. The van der Waals surface area contributed by atoms with Crippen LogP contribution in [-0.2, 0) is 0 Å². The second kappa shape index (κ2) is 7.94. The van der Waals surface area contributed by atoms with Gasteiger partial charge in [0.15, 0.2) is 11.5 Å². The molecule has 8 heteroatoms. The van der Waals surface area contributed by atoms with E-state index >= 15 is 0 Å². The van der Waals surface area contributed by atoms with E-state index in [0.29, 0.717) is 49.2 Å². The van der Waals surface area contributed by atoms with Crippen molar-refractivity contribution in [2.75, 3.05) is 36.5 Å². The van der Waals surface area contributed by atoms with Crippen molar-refractivity contribution in [1.82, 2.24) is 0 Å². The number of nitro benzene ring substituents is 1. The number of hydrogen-bond acceptors (Lipinski definition) is 6. The minimum Gasteiger partial charge on any atom is -0.486 e. The maximum absolute atomic E-state index is 12.6. The number of rotatable bonds is 6. The highest BCUT2D eigenvalue weighted by Crippen LogP contribution is 2.33. The summed E-state index contributed by atoms with van der Waals surface area (Å²) in [5.41, 5.74) is 1.15. The number of carbonyl (C=O) groups excluding carboxylic acids is 1. The highest BCUT2D eigenvalue weighted by molar-refractivity contribution is 6.05. The van der Waals surface area contributed by atoms with Crippen molar-refractivity contribution in [1.29, 1.82) is 0 Å². The molecule has 1 N–H and O–H groups in total. The van der Waals surface area contributed by atoms with Gasteiger partial charge in [-0.2, -0.15) is 0 Å². The van der Waals surface area contributed by atoms with Crippen LogP contribution in [0.25, 0.3) is 0 Å². The highest BCUT2D eigenvalue weighted by Gasteiger charge is 2.21. The average Bonchev–Trinajstić information content (AvgIpc) is 2.68. The number of amides is 1. The van der Waals surface area contributed by atoms with Gasteiger partial charge in [-0.15, -0.1) is 0 Å². The van der Waals surface area contributed by atoms with Gasteiger partial charge >= 0.3 is 0 Å². The van der Waals surface area contributed by atoms with Crippen LogP contribution in [0.3, 0.4) is 0 Å². The van der Waals surface area contributed by atoms with Gasteiger partial charge in [-0.25, -0.2) is 0 Å². The summed E-state index contributed by atoms with van der Waals surface area (Å²) in [5.74, 6) is 0.751. The number of anilines is 2. The highest BCUT2D eigenvalue weighted by atomic mass is 16.6. The molecule has 0 aromatic heterocycles. The summed E-state index contributed by atoms with van der Waals surface area (Å²) in [7, 11) is 0. The predicted octanol–water partition coefficient (Wildman–Crippen LogP) is 3.46. The van der Waals surface area contributed by atoms with E-state index in [1.54, 1.807) is 30.3 Å². The molecule has 0 bridgehead atoms. The van der Waals surface area contributed by atoms with E-state index in [0.717, 1.165) is 0 Å². The second-order valence-electron chi connectivity index (χ2n) is 5.95. The van der Waals surface area contributed by atoms with E-state index in [2.05, 4.69) is 5.32 Å². The minimum atomic E-state index is -0.464. The van der Waals surface area contributed by atoms with Crippen molar-refractivity contribution in [3.05, 3.63) is 52.1 Å². The zero-order valence-corrected chi connectivity index (χ0v) is 15.2. The number of benzene rings is 2. The number of ether oxygens (including phenoxy) is 2. The summed E-state index contributed by atoms with van der Waals surface area (Å²) in [6, 6.07) is 9.60. The quantitative estimate of drug-likeness (QED) is 0.617. The monoisotopic (exact) mass is 371 g/mol. The van der Waals surface area contributed by atoms with Crippen molar-refractivity contribution in [2.45, 2.75) is 13.8 Å². The lowest BCUT2D eigenvalue weighted by Gasteiger charge is -2.21. The van der Waals surface area contributed by atoms with Gasteiger partial charge in [-0.3, -0.25) is 14.9 Å². The summed E-state index contributed by atoms with van der Waals surface area (Å²) < 4.78 is 10.9. The van der Waals surface area contributed by atoms with E-state index in [4.69, 9.17) is 9.47 Å². The lowest BCUT2D eigenvalue weighted by Crippen LogP contribution is -2.23. The zero-order chi connectivity index (χ0) is 19.4. The summed E-state index contributed by atoms with van der Waals surface area (Å²) in [4.78, 5) is 25.4. The van der Waals surface area contributed by atoms with Crippen LogP contribution in [0.4, 0.5) is 17.1 Å². The van der Waals surface area contributed by atoms with Gasteiger partial charge < -0.3 is 19.7 Å². The van der Waals surface area contributed by atoms with Gasteiger partial charge in [0.2, 0.25) is 0 Å². The molecule has 1 heterocycles. The van der Waals surface area contributed by atoms with Gasteiger partial charge in [0.05, 0.1) is 4.92 Å². The fraction of sp³-hybridized carbons (Fsp3) is 0.316. The van der Waals surface area contributed by atoms with Crippen molar-refractivity contribution in [3.8, 4) is 11.5 Å². The third-order valence-corrected chi connectivity index (χ3v) is 4.34. The normalized spacial score (nSPS) is 12.4. The molecule has 0 fully saturated rings. The summed E-state index contributed by atoms with van der Waals surface area (Å²) in [6.45, 7) is 6.07. The summed E-state index contributed by atoms with van der Waals surface area (Å²) >= 11 is 0. The number of nitro groups is 1. The fourth-order valence-electron chi connectivity index (χ4n) is 2.97. The predicted molar refractivity (Wildman–Crippen MR) is 102 cm³/mol. The molecule has 27 heavy (non-hydrogen) atoms. The molecular formula is C19H21N3O5. The molecule has 0 aliphatic carbocycles. The first-order valence-electron chi connectivity index (χ1n) is 8.77. The van der Waals surface area contributed by atoms with Gasteiger partial charge in [-0.1, -0.05) is 0 Å². The van der Waals surface area contributed by atoms with Crippen LogP contribution in [0.1, 0.15) is 24.2 Å². The van der Waals surface area contributed by atoms with Crippen molar-refractivity contribution in [2.24, 2.45) is 0 Å². The van der Waals surface area contributed by atoms with Crippen LogP contribution in [0.5, 0.6) is 11.5 Å². The fourth-order valence-corrected chi connectivity index (χ4v) is 2.97. The standard InChI is InChI=1S/C19H21N3O5/c1-3-21(4-2)15-7-5-13(11-16(15)22(24)25)19(23)20-14-6-8-17-18(12-14)27-10-9-26-17/h5-8,11-12H,3-4,9-10H2,1-2H3,(H,20,23). The van der Waals surface area contributed by atoms with Gasteiger partial charge in [-0.05, 0) is 38.1 Å². The van der Waals surface area contributed by atoms with Gasteiger partial charge in [0.25, 0.3) is 11.6 Å². The molecule has 0 atom stereocenters. The van der Waals surface area contributed by atoms with Crippen LogP contribution in [-0.4, -0.2) is 37.1 Å². The molecule has 8 nitrogen and oxygen atoms in total. The molecule has 0 spiro atoms.